The maximum absolute atomic E-state index is 7.04. The van der Waals surface area contributed by atoms with Crippen molar-refractivity contribution in [2.24, 2.45) is 5.73 Å². The van der Waals surface area contributed by atoms with Gasteiger partial charge in [-0.3, -0.25) is 0 Å². The van der Waals surface area contributed by atoms with Crippen molar-refractivity contribution in [2.45, 2.75) is 12.6 Å². The number of hydrogen-bond donors (Lipinski definition) is 2. The van der Waals surface area contributed by atoms with Gasteiger partial charge < -0.3 is 11.1 Å². The highest BCUT2D eigenvalue weighted by Gasteiger charge is 2.17. The SMILES string of the molecule is NC(N/C(=C\Cc1ccc2c(ccc3ccccc32)c1)c1c2ccccc2cc2c1ccc1ccccc12)c1ccc(-c2ccccc2)cc1. The normalized spacial score (nSPS) is 12.6. The maximum Gasteiger partial charge on any atom is 0.101 e. The molecule has 2 nitrogen and oxygen atoms in total. The Balaban J connectivity index is 1.18. The Morgan fingerprint density at radius 2 is 1.00 bits per heavy atom. The van der Waals surface area contributed by atoms with E-state index in [1.54, 1.807) is 0 Å². The van der Waals surface area contributed by atoms with E-state index in [0.29, 0.717) is 0 Å². The third-order valence-corrected chi connectivity index (χ3v) is 10.1. The minimum Gasteiger partial charge on any atom is -0.366 e. The van der Waals surface area contributed by atoms with Gasteiger partial charge in [-0.1, -0.05) is 176 Å². The lowest BCUT2D eigenvalue weighted by molar-refractivity contribution is 0.667. The lowest BCUT2D eigenvalue weighted by Gasteiger charge is -2.22. The number of fused-ring (bicyclic) bond motifs is 7. The minimum absolute atomic E-state index is 0.413. The number of benzene rings is 9. The first-order chi connectivity index (χ1) is 24.7. The summed E-state index contributed by atoms with van der Waals surface area (Å²) in [7, 11) is 0. The van der Waals surface area contributed by atoms with Gasteiger partial charge in [0.25, 0.3) is 0 Å². The fourth-order valence-corrected chi connectivity index (χ4v) is 7.52. The van der Waals surface area contributed by atoms with Crippen molar-refractivity contribution >= 4 is 59.6 Å². The molecule has 3 N–H and O–H groups in total. The van der Waals surface area contributed by atoms with E-state index in [1.165, 1.54) is 76.1 Å². The zero-order valence-corrected chi connectivity index (χ0v) is 27.7. The molecule has 0 saturated carbocycles. The van der Waals surface area contributed by atoms with Gasteiger partial charge in [-0.05, 0) is 88.6 Å². The van der Waals surface area contributed by atoms with Gasteiger partial charge in [0.05, 0.1) is 0 Å². The van der Waals surface area contributed by atoms with Crippen LogP contribution in [0.25, 0.3) is 70.7 Å². The summed E-state index contributed by atoms with van der Waals surface area (Å²) in [4.78, 5) is 0. The van der Waals surface area contributed by atoms with E-state index < -0.39 is 6.17 Å². The number of nitrogens with one attached hydrogen (secondary N) is 1. The second-order valence-electron chi connectivity index (χ2n) is 13.1. The summed E-state index contributed by atoms with van der Waals surface area (Å²) in [6.07, 6.45) is 2.67. The molecular formula is C48H36N2. The topological polar surface area (TPSA) is 38.0 Å². The van der Waals surface area contributed by atoms with E-state index in [9.17, 15) is 0 Å². The second kappa shape index (κ2) is 12.7. The Morgan fingerprint density at radius 1 is 0.460 bits per heavy atom. The van der Waals surface area contributed by atoms with Gasteiger partial charge in [0.15, 0.2) is 0 Å². The van der Waals surface area contributed by atoms with Crippen molar-refractivity contribution < 1.29 is 0 Å². The summed E-state index contributed by atoms with van der Waals surface area (Å²) in [6, 6.07) is 63.2. The Morgan fingerprint density at radius 3 is 1.76 bits per heavy atom. The van der Waals surface area contributed by atoms with Crippen LogP contribution >= 0.6 is 0 Å². The Labute approximate surface area is 292 Å². The molecule has 0 spiro atoms. The average molecular weight is 641 g/mol. The van der Waals surface area contributed by atoms with Crippen molar-refractivity contribution in [2.75, 3.05) is 0 Å². The van der Waals surface area contributed by atoms with Crippen molar-refractivity contribution in [1.29, 1.82) is 0 Å². The van der Waals surface area contributed by atoms with Gasteiger partial charge in [0.2, 0.25) is 0 Å². The van der Waals surface area contributed by atoms with Crippen LogP contribution in [-0.2, 0) is 6.42 Å². The highest BCUT2D eigenvalue weighted by molar-refractivity contribution is 6.17. The molecule has 0 amide bonds. The second-order valence-corrected chi connectivity index (χ2v) is 13.1. The van der Waals surface area contributed by atoms with Crippen LogP contribution in [0.1, 0.15) is 22.9 Å². The molecule has 0 bridgehead atoms. The van der Waals surface area contributed by atoms with Gasteiger partial charge in [-0.2, -0.15) is 0 Å². The van der Waals surface area contributed by atoms with Crippen molar-refractivity contribution in [3.05, 3.63) is 199 Å². The fourth-order valence-electron chi connectivity index (χ4n) is 7.52. The Bertz CT molecular complexity index is 2710. The van der Waals surface area contributed by atoms with Gasteiger partial charge in [0, 0.05) is 11.3 Å². The van der Waals surface area contributed by atoms with E-state index in [1.807, 2.05) is 6.07 Å². The summed E-state index contributed by atoms with van der Waals surface area (Å²) in [5.74, 6) is 0. The molecule has 9 aromatic rings. The molecule has 0 aliphatic rings. The van der Waals surface area contributed by atoms with Crippen molar-refractivity contribution in [3.63, 3.8) is 0 Å². The summed E-state index contributed by atoms with van der Waals surface area (Å²) in [5.41, 5.74) is 13.9. The number of rotatable bonds is 7. The molecular weight excluding hydrogens is 605 g/mol. The smallest absolute Gasteiger partial charge is 0.101 e. The zero-order valence-electron chi connectivity index (χ0n) is 27.7. The third-order valence-electron chi connectivity index (χ3n) is 10.1. The first-order valence-electron chi connectivity index (χ1n) is 17.3. The molecule has 1 atom stereocenters. The molecule has 50 heavy (non-hydrogen) atoms. The van der Waals surface area contributed by atoms with Gasteiger partial charge >= 0.3 is 0 Å². The van der Waals surface area contributed by atoms with E-state index in [-0.39, 0.29) is 0 Å². The molecule has 238 valence electrons. The highest BCUT2D eigenvalue weighted by atomic mass is 15.0. The Hall–Kier alpha value is -6.22. The number of nitrogens with two attached hydrogens (primary N) is 1. The fraction of sp³-hybridized carbons (Fsp3) is 0.0417. The van der Waals surface area contributed by atoms with Crippen LogP contribution in [0.4, 0.5) is 0 Å². The molecule has 9 rings (SSSR count). The molecule has 0 fully saturated rings. The summed E-state index contributed by atoms with van der Waals surface area (Å²) in [5, 5.41) is 16.2. The highest BCUT2D eigenvalue weighted by Crippen LogP contribution is 2.37. The lowest BCUT2D eigenvalue weighted by atomic mass is 9.91. The lowest BCUT2D eigenvalue weighted by Crippen LogP contribution is -2.27. The van der Waals surface area contributed by atoms with Gasteiger partial charge in [-0.15, -0.1) is 0 Å². The molecule has 2 heteroatoms. The maximum atomic E-state index is 7.04. The van der Waals surface area contributed by atoms with E-state index >= 15 is 0 Å². The summed E-state index contributed by atoms with van der Waals surface area (Å²) >= 11 is 0. The van der Waals surface area contributed by atoms with Crippen LogP contribution in [0.3, 0.4) is 0 Å². The molecule has 9 aromatic carbocycles. The minimum atomic E-state index is -0.413. The van der Waals surface area contributed by atoms with Crippen LogP contribution < -0.4 is 11.1 Å². The molecule has 0 aromatic heterocycles. The molecule has 0 radical (unpaired) electrons. The molecule has 1 unspecified atom stereocenters. The predicted molar refractivity (Wildman–Crippen MR) is 214 cm³/mol. The van der Waals surface area contributed by atoms with Crippen LogP contribution in [0.15, 0.2) is 182 Å². The van der Waals surface area contributed by atoms with Gasteiger partial charge in [-0.25, -0.2) is 0 Å². The number of allylic oxidation sites excluding steroid dienone is 1. The number of hydrogen-bond acceptors (Lipinski definition) is 2. The van der Waals surface area contributed by atoms with Crippen LogP contribution in [-0.4, -0.2) is 0 Å². The standard InChI is InChI=1S/C48H36N2/c49-48(37-23-20-34(21-24-37)33-10-2-1-3-11-33)50-46(29-19-32-18-27-42-39(30-32)25-22-35-12-4-7-15-40(35)42)47-43-17-9-6-14-38(43)31-45-41-16-8-5-13-36(41)26-28-44(45)47/h1-18,20-31,48,50H,19,49H2/b46-29-. The van der Waals surface area contributed by atoms with Gasteiger partial charge in [0.1, 0.15) is 6.17 Å². The quantitative estimate of drug-likeness (QED) is 0.103. The monoisotopic (exact) mass is 640 g/mol. The van der Waals surface area contributed by atoms with Crippen LogP contribution in [0.2, 0.25) is 0 Å². The largest absolute Gasteiger partial charge is 0.366 e. The summed E-state index contributed by atoms with van der Waals surface area (Å²) in [6.45, 7) is 0. The summed E-state index contributed by atoms with van der Waals surface area (Å²) < 4.78 is 0. The van der Waals surface area contributed by atoms with Crippen molar-refractivity contribution in [1.82, 2.24) is 5.32 Å². The Kier molecular flexibility index (Phi) is 7.57. The van der Waals surface area contributed by atoms with Crippen molar-refractivity contribution in [3.8, 4) is 11.1 Å². The molecule has 0 saturated heterocycles. The zero-order chi connectivity index (χ0) is 33.4. The van der Waals surface area contributed by atoms with Crippen LogP contribution in [0, 0.1) is 0 Å². The first-order valence-corrected chi connectivity index (χ1v) is 17.3. The third kappa shape index (κ3) is 5.46. The van der Waals surface area contributed by atoms with E-state index in [4.69, 9.17) is 5.73 Å². The molecule has 0 heterocycles. The first kappa shape index (κ1) is 29.9. The molecule has 0 aliphatic carbocycles. The average Bonchev–Trinajstić information content (AvgIpc) is 3.18. The predicted octanol–water partition coefficient (Wildman–Crippen LogP) is 12.0. The van der Waals surface area contributed by atoms with E-state index in [0.717, 1.165) is 17.7 Å². The van der Waals surface area contributed by atoms with E-state index in [2.05, 4.69) is 181 Å². The molecule has 0 aliphatic heterocycles. The van der Waals surface area contributed by atoms with Crippen LogP contribution in [0.5, 0.6) is 0 Å².